The summed E-state index contributed by atoms with van der Waals surface area (Å²) in [6.07, 6.45) is 10.6. The summed E-state index contributed by atoms with van der Waals surface area (Å²) in [7, 11) is 3.87. The lowest BCUT2D eigenvalue weighted by molar-refractivity contribution is 0.705. The lowest BCUT2D eigenvalue weighted by Gasteiger charge is -2.17. The Kier molecular flexibility index (Phi) is 4.39. The number of nitrogen functional groups attached to an aromatic ring is 1. The molecule has 1 fully saturated rings. The Balaban J connectivity index is 1.48. The van der Waals surface area contributed by atoms with Gasteiger partial charge in [0.05, 0.1) is 40.4 Å². The molecule has 1 aliphatic rings. The zero-order valence-electron chi connectivity index (χ0n) is 16.4. The van der Waals surface area contributed by atoms with Crippen molar-refractivity contribution in [1.29, 1.82) is 0 Å². The first-order chi connectivity index (χ1) is 14.1. The zero-order chi connectivity index (χ0) is 20.0. The maximum Gasteiger partial charge on any atom is 0.151 e. The topological polar surface area (TPSA) is 98.6 Å². The normalized spacial score (nSPS) is 14.7. The SMILES string of the molecule is CN(c1cnc2cc(-c3nnc(C4CCCC4)s3)c(N)nc2c1)c1cnn(C)c1. The van der Waals surface area contributed by atoms with Crippen molar-refractivity contribution in [3.8, 4) is 10.6 Å². The molecule has 0 spiro atoms. The summed E-state index contributed by atoms with van der Waals surface area (Å²) in [6.45, 7) is 0. The third-order valence-corrected chi connectivity index (χ3v) is 6.64. The minimum Gasteiger partial charge on any atom is -0.383 e. The zero-order valence-corrected chi connectivity index (χ0v) is 17.2. The van der Waals surface area contributed by atoms with Gasteiger partial charge in [-0.2, -0.15) is 5.10 Å². The molecule has 0 radical (unpaired) electrons. The minimum absolute atomic E-state index is 0.453. The van der Waals surface area contributed by atoms with E-state index in [4.69, 9.17) is 5.73 Å². The van der Waals surface area contributed by atoms with Gasteiger partial charge in [-0.25, -0.2) is 4.98 Å². The van der Waals surface area contributed by atoms with E-state index in [1.807, 2.05) is 49.7 Å². The number of anilines is 3. The Morgan fingerprint density at radius 1 is 1.10 bits per heavy atom. The molecular formula is C20H22N8S. The molecule has 148 valence electrons. The Labute approximate surface area is 172 Å². The van der Waals surface area contributed by atoms with Gasteiger partial charge in [0.25, 0.3) is 0 Å². The average Bonchev–Trinajstić information content (AvgIpc) is 3.47. The van der Waals surface area contributed by atoms with Crippen LogP contribution in [0.25, 0.3) is 21.6 Å². The number of fused-ring (bicyclic) bond motifs is 1. The van der Waals surface area contributed by atoms with Gasteiger partial charge in [-0.15, -0.1) is 10.2 Å². The van der Waals surface area contributed by atoms with Crippen molar-refractivity contribution in [3.05, 3.63) is 35.7 Å². The molecule has 0 aliphatic heterocycles. The molecule has 8 nitrogen and oxygen atoms in total. The van der Waals surface area contributed by atoms with E-state index < -0.39 is 0 Å². The van der Waals surface area contributed by atoms with E-state index in [1.54, 1.807) is 16.0 Å². The molecule has 1 aliphatic carbocycles. The first-order valence-electron chi connectivity index (χ1n) is 9.71. The fraction of sp³-hybridized carbons (Fsp3) is 0.350. The van der Waals surface area contributed by atoms with E-state index in [-0.39, 0.29) is 0 Å². The molecule has 4 aromatic rings. The van der Waals surface area contributed by atoms with Crippen molar-refractivity contribution in [2.45, 2.75) is 31.6 Å². The summed E-state index contributed by atoms with van der Waals surface area (Å²) in [5, 5.41) is 15.0. The average molecular weight is 407 g/mol. The van der Waals surface area contributed by atoms with E-state index in [0.29, 0.717) is 11.7 Å². The Bertz CT molecular complexity index is 1170. The van der Waals surface area contributed by atoms with E-state index >= 15 is 0 Å². The first kappa shape index (κ1) is 18.0. The number of hydrogen-bond acceptors (Lipinski definition) is 8. The molecule has 0 amide bonds. The number of hydrogen-bond donors (Lipinski definition) is 1. The van der Waals surface area contributed by atoms with Gasteiger partial charge in [0.1, 0.15) is 10.8 Å². The standard InChI is InChI=1S/C20H22N8S/c1-27-11-14(10-23-27)28(2)13-7-17-16(22-9-13)8-15(18(21)24-17)20-26-25-19(29-20)12-5-3-4-6-12/h7-12H,3-6H2,1-2H3,(H2,21,24). The van der Waals surface area contributed by atoms with E-state index in [0.717, 1.165) is 38.0 Å². The second kappa shape index (κ2) is 7.07. The number of aryl methyl sites for hydroxylation is 1. The fourth-order valence-corrected chi connectivity index (χ4v) is 4.86. The number of nitrogens with zero attached hydrogens (tertiary/aromatic N) is 7. The highest BCUT2D eigenvalue weighted by molar-refractivity contribution is 7.14. The highest BCUT2D eigenvalue weighted by Gasteiger charge is 2.22. The van der Waals surface area contributed by atoms with Crippen LogP contribution in [0, 0.1) is 0 Å². The molecule has 4 heterocycles. The number of aromatic nitrogens is 6. The van der Waals surface area contributed by atoms with Crippen molar-refractivity contribution < 1.29 is 0 Å². The van der Waals surface area contributed by atoms with Crippen LogP contribution in [0.5, 0.6) is 0 Å². The highest BCUT2D eigenvalue weighted by Crippen LogP contribution is 2.39. The molecule has 5 rings (SSSR count). The lowest BCUT2D eigenvalue weighted by atomic mass is 10.1. The summed E-state index contributed by atoms with van der Waals surface area (Å²) in [6, 6.07) is 3.95. The Morgan fingerprint density at radius 3 is 2.69 bits per heavy atom. The van der Waals surface area contributed by atoms with Crippen molar-refractivity contribution in [3.63, 3.8) is 0 Å². The predicted molar refractivity (Wildman–Crippen MR) is 115 cm³/mol. The van der Waals surface area contributed by atoms with E-state index in [9.17, 15) is 0 Å². The summed E-state index contributed by atoms with van der Waals surface area (Å²) < 4.78 is 1.77. The quantitative estimate of drug-likeness (QED) is 0.549. The fourth-order valence-electron chi connectivity index (χ4n) is 3.82. The van der Waals surface area contributed by atoms with Crippen molar-refractivity contribution in [2.24, 2.45) is 7.05 Å². The summed E-state index contributed by atoms with van der Waals surface area (Å²) in [5.41, 5.74) is 10.5. The number of pyridine rings is 2. The van der Waals surface area contributed by atoms with Crippen LogP contribution in [0.1, 0.15) is 36.6 Å². The van der Waals surface area contributed by atoms with Crippen LogP contribution in [0.3, 0.4) is 0 Å². The first-order valence-corrected chi connectivity index (χ1v) is 10.5. The maximum absolute atomic E-state index is 6.30. The van der Waals surface area contributed by atoms with Gasteiger partial charge in [0, 0.05) is 26.2 Å². The molecule has 0 atom stereocenters. The molecule has 9 heteroatoms. The minimum atomic E-state index is 0.453. The summed E-state index contributed by atoms with van der Waals surface area (Å²) in [5.74, 6) is 0.995. The van der Waals surface area contributed by atoms with Gasteiger partial charge in [-0.3, -0.25) is 9.67 Å². The van der Waals surface area contributed by atoms with Crippen LogP contribution in [0.4, 0.5) is 17.2 Å². The molecular weight excluding hydrogens is 384 g/mol. The molecule has 2 N–H and O–H groups in total. The van der Waals surface area contributed by atoms with Gasteiger partial charge in [-0.1, -0.05) is 24.2 Å². The molecule has 1 saturated carbocycles. The third kappa shape index (κ3) is 3.31. The third-order valence-electron chi connectivity index (χ3n) is 5.52. The molecule has 29 heavy (non-hydrogen) atoms. The van der Waals surface area contributed by atoms with Crippen LogP contribution < -0.4 is 10.6 Å². The smallest absolute Gasteiger partial charge is 0.151 e. The summed E-state index contributed by atoms with van der Waals surface area (Å²) in [4.78, 5) is 11.2. The Morgan fingerprint density at radius 2 is 1.93 bits per heavy atom. The molecule has 0 unspecified atom stereocenters. The van der Waals surface area contributed by atoms with Crippen molar-refractivity contribution >= 4 is 39.6 Å². The van der Waals surface area contributed by atoms with E-state index in [2.05, 4.69) is 25.3 Å². The number of nitrogens with two attached hydrogens (primary N) is 1. The Hall–Kier alpha value is -3.07. The van der Waals surface area contributed by atoms with Gasteiger partial charge in [0.15, 0.2) is 5.01 Å². The van der Waals surface area contributed by atoms with E-state index in [1.165, 1.54) is 25.7 Å². The van der Waals surface area contributed by atoms with Gasteiger partial charge < -0.3 is 10.6 Å². The maximum atomic E-state index is 6.30. The predicted octanol–water partition coefficient (Wildman–Crippen LogP) is 3.89. The van der Waals surface area contributed by atoms with Crippen LogP contribution >= 0.6 is 11.3 Å². The second-order valence-corrected chi connectivity index (χ2v) is 8.52. The monoisotopic (exact) mass is 406 g/mol. The second-order valence-electron chi connectivity index (χ2n) is 7.51. The van der Waals surface area contributed by atoms with Gasteiger partial charge in [0.2, 0.25) is 0 Å². The van der Waals surface area contributed by atoms with Gasteiger partial charge >= 0.3 is 0 Å². The van der Waals surface area contributed by atoms with Crippen LogP contribution in [-0.4, -0.2) is 37.0 Å². The van der Waals surface area contributed by atoms with Crippen molar-refractivity contribution in [1.82, 2.24) is 29.9 Å². The molecule has 0 aromatic carbocycles. The molecule has 4 aromatic heterocycles. The van der Waals surface area contributed by atoms with Gasteiger partial charge in [-0.05, 0) is 25.0 Å². The van der Waals surface area contributed by atoms with Crippen LogP contribution in [0.2, 0.25) is 0 Å². The summed E-state index contributed by atoms with van der Waals surface area (Å²) >= 11 is 1.63. The number of rotatable bonds is 4. The lowest BCUT2D eigenvalue weighted by Crippen LogP contribution is -2.09. The van der Waals surface area contributed by atoms with Crippen LogP contribution in [-0.2, 0) is 7.05 Å². The highest BCUT2D eigenvalue weighted by atomic mass is 32.1. The molecule has 0 bridgehead atoms. The van der Waals surface area contributed by atoms with Crippen LogP contribution in [0.15, 0.2) is 30.7 Å². The van der Waals surface area contributed by atoms with Crippen molar-refractivity contribution in [2.75, 3.05) is 17.7 Å². The molecule has 0 saturated heterocycles. The largest absolute Gasteiger partial charge is 0.383 e.